The highest BCUT2D eigenvalue weighted by Gasteiger charge is 2.00. The van der Waals surface area contributed by atoms with Crippen molar-refractivity contribution >= 4 is 33.2 Å². The zero-order valence-corrected chi connectivity index (χ0v) is 11.3. The molecule has 0 spiro atoms. The summed E-state index contributed by atoms with van der Waals surface area (Å²) in [4.78, 5) is 0. The van der Waals surface area contributed by atoms with E-state index in [0.717, 1.165) is 15.7 Å². The molecular formula is C13H11BrClNO. The van der Waals surface area contributed by atoms with Crippen LogP contribution in [0.2, 0.25) is 5.02 Å². The molecule has 0 unspecified atom stereocenters. The molecule has 88 valence electrons. The normalized spacial score (nSPS) is 10.2. The van der Waals surface area contributed by atoms with Crippen LogP contribution in [0.5, 0.6) is 5.75 Å². The lowest BCUT2D eigenvalue weighted by Gasteiger charge is -2.08. The van der Waals surface area contributed by atoms with Gasteiger partial charge in [-0.05, 0) is 42.0 Å². The van der Waals surface area contributed by atoms with Crippen LogP contribution in [-0.2, 0) is 6.54 Å². The molecule has 0 bridgehead atoms. The minimum atomic E-state index is 0.267. The Bertz CT molecular complexity index is 513. The summed E-state index contributed by atoms with van der Waals surface area (Å²) in [6.07, 6.45) is 0. The molecule has 0 saturated carbocycles. The highest BCUT2D eigenvalue weighted by Crippen LogP contribution is 2.22. The molecule has 0 aliphatic rings. The van der Waals surface area contributed by atoms with Gasteiger partial charge in [0.25, 0.3) is 0 Å². The Balaban J connectivity index is 2.04. The van der Waals surface area contributed by atoms with E-state index >= 15 is 0 Å². The molecule has 2 nitrogen and oxygen atoms in total. The molecule has 0 aliphatic heterocycles. The van der Waals surface area contributed by atoms with Crippen molar-refractivity contribution in [3.63, 3.8) is 0 Å². The van der Waals surface area contributed by atoms with Gasteiger partial charge >= 0.3 is 0 Å². The molecule has 0 aliphatic carbocycles. The van der Waals surface area contributed by atoms with E-state index < -0.39 is 0 Å². The molecular weight excluding hydrogens is 302 g/mol. The number of nitrogens with one attached hydrogen (secondary N) is 1. The molecule has 0 saturated heterocycles. The van der Waals surface area contributed by atoms with Crippen molar-refractivity contribution in [3.05, 3.63) is 57.5 Å². The Kier molecular flexibility index (Phi) is 3.92. The zero-order valence-electron chi connectivity index (χ0n) is 8.95. The summed E-state index contributed by atoms with van der Waals surface area (Å²) in [7, 11) is 0. The number of hydrogen-bond donors (Lipinski definition) is 2. The van der Waals surface area contributed by atoms with E-state index in [4.69, 9.17) is 16.7 Å². The Hall–Kier alpha value is -1.19. The van der Waals surface area contributed by atoms with Gasteiger partial charge < -0.3 is 10.4 Å². The molecule has 2 aromatic rings. The molecule has 0 fully saturated rings. The summed E-state index contributed by atoms with van der Waals surface area (Å²) in [5, 5.41) is 13.1. The Morgan fingerprint density at radius 2 is 1.82 bits per heavy atom. The largest absolute Gasteiger partial charge is 0.508 e. The van der Waals surface area contributed by atoms with Gasteiger partial charge in [0.15, 0.2) is 0 Å². The van der Waals surface area contributed by atoms with Gasteiger partial charge in [-0.1, -0.05) is 33.6 Å². The first kappa shape index (κ1) is 12.3. The van der Waals surface area contributed by atoms with Gasteiger partial charge in [-0.25, -0.2) is 0 Å². The van der Waals surface area contributed by atoms with E-state index in [1.54, 1.807) is 12.1 Å². The topological polar surface area (TPSA) is 32.3 Å². The number of phenols is 1. The van der Waals surface area contributed by atoms with Crippen molar-refractivity contribution < 1.29 is 5.11 Å². The van der Waals surface area contributed by atoms with E-state index in [2.05, 4.69) is 21.2 Å². The molecule has 0 amide bonds. The van der Waals surface area contributed by atoms with E-state index in [1.165, 1.54) is 0 Å². The maximum absolute atomic E-state index is 9.17. The standard InChI is InChI=1S/C13H11BrClNO/c14-13-7-10(15)2-1-9(13)8-16-11-3-5-12(17)6-4-11/h1-7,16-17H,8H2. The number of phenolic OH excluding ortho intramolecular Hbond substituents is 1. The number of rotatable bonds is 3. The van der Waals surface area contributed by atoms with E-state index in [9.17, 15) is 0 Å². The Morgan fingerprint density at radius 3 is 2.47 bits per heavy atom. The molecule has 0 atom stereocenters. The van der Waals surface area contributed by atoms with Crippen LogP contribution in [0.4, 0.5) is 5.69 Å². The van der Waals surface area contributed by atoms with Gasteiger partial charge in [0, 0.05) is 21.7 Å². The van der Waals surface area contributed by atoms with Gasteiger partial charge in [0.05, 0.1) is 0 Å². The molecule has 2 rings (SSSR count). The number of aromatic hydroxyl groups is 1. The molecule has 0 aromatic heterocycles. The second kappa shape index (κ2) is 5.43. The Morgan fingerprint density at radius 1 is 1.12 bits per heavy atom. The van der Waals surface area contributed by atoms with Crippen molar-refractivity contribution in [1.82, 2.24) is 0 Å². The summed E-state index contributed by atoms with van der Waals surface area (Å²) in [5.41, 5.74) is 2.09. The predicted octanol–water partition coefficient (Wildman–Crippen LogP) is 4.42. The smallest absolute Gasteiger partial charge is 0.115 e. The predicted molar refractivity (Wildman–Crippen MR) is 74.6 cm³/mol. The van der Waals surface area contributed by atoms with Crippen LogP contribution >= 0.6 is 27.5 Å². The third-order valence-corrected chi connectivity index (χ3v) is 3.34. The lowest BCUT2D eigenvalue weighted by atomic mass is 10.2. The highest BCUT2D eigenvalue weighted by molar-refractivity contribution is 9.10. The van der Waals surface area contributed by atoms with Gasteiger partial charge in [0.1, 0.15) is 5.75 Å². The second-order valence-electron chi connectivity index (χ2n) is 3.64. The summed E-state index contributed by atoms with van der Waals surface area (Å²) < 4.78 is 0.983. The maximum atomic E-state index is 9.17. The average molecular weight is 313 g/mol. The lowest BCUT2D eigenvalue weighted by molar-refractivity contribution is 0.475. The first-order valence-corrected chi connectivity index (χ1v) is 6.29. The van der Waals surface area contributed by atoms with Crippen LogP contribution in [0.15, 0.2) is 46.9 Å². The number of anilines is 1. The first-order chi connectivity index (χ1) is 8.15. The minimum Gasteiger partial charge on any atom is -0.508 e. The molecule has 0 heterocycles. The molecule has 17 heavy (non-hydrogen) atoms. The maximum Gasteiger partial charge on any atom is 0.115 e. The quantitative estimate of drug-likeness (QED) is 0.822. The van der Waals surface area contributed by atoms with E-state index in [1.807, 2.05) is 30.3 Å². The molecule has 0 radical (unpaired) electrons. The summed E-state index contributed by atoms with van der Waals surface area (Å²) in [5.74, 6) is 0.267. The van der Waals surface area contributed by atoms with Crippen molar-refractivity contribution in [2.45, 2.75) is 6.54 Å². The van der Waals surface area contributed by atoms with Crippen molar-refractivity contribution in [1.29, 1.82) is 0 Å². The lowest BCUT2D eigenvalue weighted by Crippen LogP contribution is -1.99. The first-order valence-electron chi connectivity index (χ1n) is 5.12. The van der Waals surface area contributed by atoms with Crippen molar-refractivity contribution in [2.75, 3.05) is 5.32 Å². The summed E-state index contributed by atoms with van der Waals surface area (Å²) >= 11 is 9.34. The Labute approximate surface area is 113 Å². The summed E-state index contributed by atoms with van der Waals surface area (Å²) in [6.45, 7) is 0.697. The van der Waals surface area contributed by atoms with Crippen molar-refractivity contribution in [3.8, 4) is 5.75 Å². The van der Waals surface area contributed by atoms with Crippen LogP contribution in [0.3, 0.4) is 0 Å². The molecule has 2 N–H and O–H groups in total. The fourth-order valence-electron chi connectivity index (χ4n) is 1.44. The van der Waals surface area contributed by atoms with Gasteiger partial charge in [0.2, 0.25) is 0 Å². The van der Waals surface area contributed by atoms with Gasteiger partial charge in [-0.15, -0.1) is 0 Å². The molecule has 2 aromatic carbocycles. The third-order valence-electron chi connectivity index (χ3n) is 2.37. The van der Waals surface area contributed by atoms with Crippen LogP contribution in [-0.4, -0.2) is 5.11 Å². The second-order valence-corrected chi connectivity index (χ2v) is 4.93. The summed E-state index contributed by atoms with van der Waals surface area (Å²) in [6, 6.07) is 12.7. The highest BCUT2D eigenvalue weighted by atomic mass is 79.9. The van der Waals surface area contributed by atoms with E-state index in [-0.39, 0.29) is 5.75 Å². The SMILES string of the molecule is Oc1ccc(NCc2ccc(Cl)cc2Br)cc1. The van der Waals surface area contributed by atoms with E-state index in [0.29, 0.717) is 11.6 Å². The van der Waals surface area contributed by atoms with Crippen LogP contribution in [0.1, 0.15) is 5.56 Å². The number of benzene rings is 2. The van der Waals surface area contributed by atoms with Crippen molar-refractivity contribution in [2.24, 2.45) is 0 Å². The minimum absolute atomic E-state index is 0.267. The van der Waals surface area contributed by atoms with Crippen LogP contribution in [0.25, 0.3) is 0 Å². The van der Waals surface area contributed by atoms with Crippen LogP contribution < -0.4 is 5.32 Å². The van der Waals surface area contributed by atoms with Gasteiger partial charge in [-0.3, -0.25) is 0 Å². The fraction of sp³-hybridized carbons (Fsp3) is 0.0769. The average Bonchev–Trinajstić information content (AvgIpc) is 2.30. The zero-order chi connectivity index (χ0) is 12.3. The number of halogens is 2. The monoisotopic (exact) mass is 311 g/mol. The fourth-order valence-corrected chi connectivity index (χ4v) is 2.26. The molecule has 4 heteroatoms. The third kappa shape index (κ3) is 3.38. The van der Waals surface area contributed by atoms with Gasteiger partial charge in [-0.2, -0.15) is 0 Å². The van der Waals surface area contributed by atoms with Crippen LogP contribution in [0, 0.1) is 0 Å². The number of hydrogen-bond acceptors (Lipinski definition) is 2.